The van der Waals surface area contributed by atoms with Gasteiger partial charge in [0.2, 0.25) is 6.79 Å². The maximum absolute atomic E-state index is 13.4. The van der Waals surface area contributed by atoms with Crippen molar-refractivity contribution in [3.05, 3.63) is 47.0 Å². The molecule has 0 N–H and O–H groups in total. The van der Waals surface area contributed by atoms with Crippen molar-refractivity contribution in [2.45, 2.75) is 13.8 Å². The zero-order valence-corrected chi connectivity index (χ0v) is 18.5. The summed E-state index contributed by atoms with van der Waals surface area (Å²) >= 11 is 1.55. The summed E-state index contributed by atoms with van der Waals surface area (Å²) in [5, 5.41) is 0.716. The Morgan fingerprint density at radius 1 is 1.10 bits per heavy atom. The third-order valence-corrected chi connectivity index (χ3v) is 5.98. The average Bonchev–Trinajstić information content (AvgIpc) is 3.31. The number of carbonyl (C=O) groups is 1. The number of aromatic nitrogens is 1. The van der Waals surface area contributed by atoms with Gasteiger partial charge in [0.15, 0.2) is 16.6 Å². The molecule has 1 aliphatic heterocycles. The second-order valence-electron chi connectivity index (χ2n) is 7.18. The summed E-state index contributed by atoms with van der Waals surface area (Å²) < 4.78 is 11.9. The lowest BCUT2D eigenvalue weighted by atomic mass is 10.1. The number of benzene rings is 2. The lowest BCUT2D eigenvalue weighted by Crippen LogP contribution is -2.36. The van der Waals surface area contributed by atoms with Crippen molar-refractivity contribution in [1.82, 2.24) is 9.88 Å². The van der Waals surface area contributed by atoms with E-state index in [0.29, 0.717) is 28.7 Å². The molecule has 0 unspecified atom stereocenters. The third kappa shape index (κ3) is 4.17. The van der Waals surface area contributed by atoms with Crippen LogP contribution in [0.1, 0.15) is 21.5 Å². The van der Waals surface area contributed by atoms with Gasteiger partial charge in [0, 0.05) is 18.7 Å². The van der Waals surface area contributed by atoms with Gasteiger partial charge in [0.1, 0.15) is 0 Å². The van der Waals surface area contributed by atoms with Crippen LogP contribution in [0.25, 0.3) is 10.2 Å². The molecule has 1 amide bonds. The van der Waals surface area contributed by atoms with Crippen molar-refractivity contribution in [2.75, 3.05) is 38.9 Å². The fraction of sp³-hybridized carbons (Fsp3) is 0.333. The second-order valence-corrected chi connectivity index (χ2v) is 8.19. The van der Waals surface area contributed by atoms with Gasteiger partial charge in [-0.25, -0.2) is 4.98 Å². The van der Waals surface area contributed by atoms with E-state index in [9.17, 15) is 4.79 Å². The molecule has 0 aliphatic carbocycles. The molecule has 6 nitrogen and oxygen atoms in total. The number of ether oxygens (including phenoxy) is 2. The number of carbonyl (C=O) groups excluding carboxylic acids is 1. The van der Waals surface area contributed by atoms with Gasteiger partial charge in [0.05, 0.1) is 10.2 Å². The topological polar surface area (TPSA) is 54.9 Å². The molecular weight excluding hydrogens is 410 g/mol. The van der Waals surface area contributed by atoms with Gasteiger partial charge in [0.25, 0.3) is 5.91 Å². The number of halogens is 1. The van der Waals surface area contributed by atoms with Crippen LogP contribution >= 0.6 is 23.7 Å². The number of hydrogen-bond acceptors (Lipinski definition) is 6. The molecule has 2 heterocycles. The fourth-order valence-corrected chi connectivity index (χ4v) is 4.15. The number of thiazole rings is 1. The molecule has 8 heteroatoms. The van der Waals surface area contributed by atoms with Crippen LogP contribution in [0.3, 0.4) is 0 Å². The van der Waals surface area contributed by atoms with Crippen LogP contribution in [0.15, 0.2) is 30.3 Å². The quantitative estimate of drug-likeness (QED) is 0.601. The van der Waals surface area contributed by atoms with Crippen molar-refractivity contribution >= 4 is 45.0 Å². The Morgan fingerprint density at radius 3 is 2.62 bits per heavy atom. The van der Waals surface area contributed by atoms with Gasteiger partial charge in [-0.15, -0.1) is 12.4 Å². The van der Waals surface area contributed by atoms with Crippen molar-refractivity contribution in [1.29, 1.82) is 0 Å². The number of hydrogen-bond donors (Lipinski definition) is 0. The number of aryl methyl sites for hydroxylation is 2. The molecule has 0 bridgehead atoms. The summed E-state index contributed by atoms with van der Waals surface area (Å²) in [6.07, 6.45) is 0. The minimum atomic E-state index is -0.0893. The number of fused-ring (bicyclic) bond motifs is 2. The predicted octanol–water partition coefficient (Wildman–Crippen LogP) is 4.27. The molecule has 0 radical (unpaired) electrons. The standard InChI is InChI=1S/C21H23N3O3S.ClH/c1-13-5-8-18-19(14(13)2)22-21(28-18)24(10-9-23(3)4)20(25)15-6-7-16-17(11-15)27-12-26-16;/h5-8,11H,9-10,12H2,1-4H3;1H. The van der Waals surface area contributed by atoms with Gasteiger partial charge in [-0.2, -0.15) is 0 Å². The Morgan fingerprint density at radius 2 is 1.86 bits per heavy atom. The monoisotopic (exact) mass is 433 g/mol. The van der Waals surface area contributed by atoms with Crippen LogP contribution in [0.4, 0.5) is 5.13 Å². The zero-order valence-electron chi connectivity index (χ0n) is 16.9. The molecule has 29 heavy (non-hydrogen) atoms. The largest absolute Gasteiger partial charge is 0.454 e. The summed E-state index contributed by atoms with van der Waals surface area (Å²) in [4.78, 5) is 22.0. The molecule has 0 atom stereocenters. The Labute approximate surface area is 180 Å². The third-order valence-electron chi connectivity index (χ3n) is 4.94. The first-order valence-electron chi connectivity index (χ1n) is 9.17. The molecule has 1 aromatic heterocycles. The molecule has 1 aliphatic rings. The lowest BCUT2D eigenvalue weighted by Gasteiger charge is -2.22. The highest BCUT2D eigenvalue weighted by Crippen LogP contribution is 2.35. The molecule has 0 saturated heterocycles. The van der Waals surface area contributed by atoms with E-state index in [4.69, 9.17) is 14.5 Å². The van der Waals surface area contributed by atoms with Crippen LogP contribution in [0.2, 0.25) is 0 Å². The van der Waals surface area contributed by atoms with Crippen LogP contribution in [-0.4, -0.2) is 49.8 Å². The maximum atomic E-state index is 13.4. The van der Waals surface area contributed by atoms with Crippen molar-refractivity contribution in [3.63, 3.8) is 0 Å². The highest BCUT2D eigenvalue weighted by atomic mass is 35.5. The number of nitrogens with zero attached hydrogens (tertiary/aromatic N) is 3. The average molecular weight is 434 g/mol. The fourth-order valence-electron chi connectivity index (χ4n) is 3.10. The van der Waals surface area contributed by atoms with Gasteiger partial charge in [-0.05, 0) is 63.3 Å². The van der Waals surface area contributed by atoms with E-state index in [-0.39, 0.29) is 25.1 Å². The summed E-state index contributed by atoms with van der Waals surface area (Å²) in [6.45, 7) is 5.64. The maximum Gasteiger partial charge on any atom is 0.260 e. The normalized spacial score (nSPS) is 12.3. The van der Waals surface area contributed by atoms with E-state index in [1.807, 2.05) is 14.1 Å². The molecule has 154 valence electrons. The molecule has 0 saturated carbocycles. The summed E-state index contributed by atoms with van der Waals surface area (Å²) in [5.41, 5.74) is 3.89. The molecule has 4 rings (SSSR count). The Bertz CT molecular complexity index is 1050. The Hall–Kier alpha value is -2.35. The Balaban J connectivity index is 0.00000240. The van der Waals surface area contributed by atoms with Gasteiger partial charge in [-0.1, -0.05) is 17.4 Å². The Kier molecular flexibility index (Phi) is 6.31. The second kappa shape index (κ2) is 8.57. The molecule has 0 spiro atoms. The van der Waals surface area contributed by atoms with E-state index in [0.717, 1.165) is 22.3 Å². The van der Waals surface area contributed by atoms with Crippen molar-refractivity contribution < 1.29 is 14.3 Å². The summed E-state index contributed by atoms with van der Waals surface area (Å²) in [6, 6.07) is 9.49. The van der Waals surface area contributed by atoms with Crippen LogP contribution in [0, 0.1) is 13.8 Å². The van der Waals surface area contributed by atoms with E-state index in [1.54, 1.807) is 34.4 Å². The van der Waals surface area contributed by atoms with E-state index in [1.165, 1.54) is 5.56 Å². The minimum absolute atomic E-state index is 0. The summed E-state index contributed by atoms with van der Waals surface area (Å²) in [7, 11) is 3.99. The summed E-state index contributed by atoms with van der Waals surface area (Å²) in [5.74, 6) is 1.19. The first-order valence-corrected chi connectivity index (χ1v) is 9.98. The van der Waals surface area contributed by atoms with Gasteiger partial charge < -0.3 is 14.4 Å². The first-order chi connectivity index (χ1) is 13.4. The van der Waals surface area contributed by atoms with Crippen LogP contribution < -0.4 is 14.4 Å². The molecule has 2 aromatic carbocycles. The first kappa shape index (κ1) is 21.4. The minimum Gasteiger partial charge on any atom is -0.454 e. The number of amides is 1. The SMILES string of the molecule is Cc1ccc2sc(N(CCN(C)C)C(=O)c3ccc4c(c3)OCO4)nc2c1C.Cl. The lowest BCUT2D eigenvalue weighted by molar-refractivity contribution is 0.0984. The van der Waals surface area contributed by atoms with Crippen molar-refractivity contribution in [3.8, 4) is 11.5 Å². The highest BCUT2D eigenvalue weighted by Gasteiger charge is 2.24. The zero-order chi connectivity index (χ0) is 19.8. The van der Waals surface area contributed by atoms with Crippen LogP contribution in [0.5, 0.6) is 11.5 Å². The molecular formula is C21H24ClN3O3S. The van der Waals surface area contributed by atoms with Gasteiger partial charge in [-0.3, -0.25) is 9.69 Å². The molecule has 3 aromatic rings. The van der Waals surface area contributed by atoms with E-state index in [2.05, 4.69) is 30.9 Å². The number of anilines is 1. The smallest absolute Gasteiger partial charge is 0.260 e. The van der Waals surface area contributed by atoms with Crippen molar-refractivity contribution in [2.24, 2.45) is 0 Å². The predicted molar refractivity (Wildman–Crippen MR) is 119 cm³/mol. The molecule has 0 fully saturated rings. The van der Waals surface area contributed by atoms with E-state index >= 15 is 0 Å². The number of likely N-dealkylation sites (N-methyl/N-ethyl adjacent to an activating group) is 1. The highest BCUT2D eigenvalue weighted by molar-refractivity contribution is 7.22. The van der Waals surface area contributed by atoms with Crippen LogP contribution in [-0.2, 0) is 0 Å². The number of rotatable bonds is 5. The van der Waals surface area contributed by atoms with Gasteiger partial charge >= 0.3 is 0 Å². The van der Waals surface area contributed by atoms with E-state index < -0.39 is 0 Å².